The van der Waals surface area contributed by atoms with Crippen molar-refractivity contribution in [3.63, 3.8) is 0 Å². The fourth-order valence-electron chi connectivity index (χ4n) is 2.54. The normalized spacial score (nSPS) is 15.2. The van der Waals surface area contributed by atoms with Crippen molar-refractivity contribution in [2.75, 3.05) is 13.2 Å². The highest BCUT2D eigenvalue weighted by Crippen LogP contribution is 2.41. The van der Waals surface area contributed by atoms with E-state index in [2.05, 4.69) is 10.6 Å². The zero-order valence-corrected chi connectivity index (χ0v) is 15.0. The van der Waals surface area contributed by atoms with E-state index in [4.69, 9.17) is 9.47 Å². The molecule has 0 atom stereocenters. The van der Waals surface area contributed by atoms with Crippen molar-refractivity contribution in [3.05, 3.63) is 23.8 Å². The highest BCUT2D eigenvalue weighted by Gasteiger charge is 2.32. The lowest BCUT2D eigenvalue weighted by atomic mass is 10.0. The van der Waals surface area contributed by atoms with E-state index in [0.29, 0.717) is 11.5 Å². The summed E-state index contributed by atoms with van der Waals surface area (Å²) in [6, 6.07) is 5.65. The molecule has 1 aromatic rings. The zero-order chi connectivity index (χ0) is 18.0. The lowest BCUT2D eigenvalue weighted by Crippen LogP contribution is -2.46. The van der Waals surface area contributed by atoms with Gasteiger partial charge in [-0.2, -0.15) is 0 Å². The molecule has 0 aromatic heterocycles. The van der Waals surface area contributed by atoms with E-state index in [1.165, 1.54) is 0 Å². The molecular weight excluding hydrogens is 308 g/mol. The molecule has 1 aliphatic rings. The lowest BCUT2D eigenvalue weighted by molar-refractivity contribution is -0.127. The van der Waals surface area contributed by atoms with Crippen molar-refractivity contribution in [2.45, 2.75) is 52.2 Å². The molecule has 1 aromatic carbocycles. The van der Waals surface area contributed by atoms with Gasteiger partial charge in [-0.25, -0.2) is 0 Å². The van der Waals surface area contributed by atoms with Crippen LogP contribution in [0.2, 0.25) is 0 Å². The number of carbonyl (C=O) groups is 2. The van der Waals surface area contributed by atoms with Crippen LogP contribution in [0.3, 0.4) is 0 Å². The molecule has 0 aliphatic carbocycles. The number of fused-ring (bicyclic) bond motifs is 1. The Morgan fingerprint density at radius 1 is 1.25 bits per heavy atom. The number of rotatable bonds is 5. The van der Waals surface area contributed by atoms with Gasteiger partial charge in [-0.15, -0.1) is 0 Å². The van der Waals surface area contributed by atoms with Gasteiger partial charge < -0.3 is 20.1 Å². The molecule has 2 N–H and O–H groups in total. The molecule has 0 bridgehead atoms. The Morgan fingerprint density at radius 2 is 1.96 bits per heavy atom. The monoisotopic (exact) mass is 334 g/mol. The Kier molecular flexibility index (Phi) is 5.06. The summed E-state index contributed by atoms with van der Waals surface area (Å²) in [6.07, 6.45) is 0.804. The minimum atomic E-state index is -0.353. The highest BCUT2D eigenvalue weighted by molar-refractivity contribution is 5.85. The minimum Gasteiger partial charge on any atom is -0.483 e. The van der Waals surface area contributed by atoms with Crippen molar-refractivity contribution in [1.82, 2.24) is 10.6 Å². The average Bonchev–Trinajstić information content (AvgIpc) is 2.75. The van der Waals surface area contributed by atoms with Crippen LogP contribution >= 0.6 is 0 Å². The molecular formula is C18H26N2O4. The molecule has 1 heterocycles. The molecule has 0 radical (unpaired) electrons. The first-order chi connectivity index (χ1) is 11.1. The van der Waals surface area contributed by atoms with Crippen LogP contribution in [0.15, 0.2) is 18.2 Å². The second kappa shape index (κ2) is 6.71. The summed E-state index contributed by atoms with van der Waals surface area (Å²) in [6.45, 7) is 9.43. The number of para-hydroxylation sites is 1. The Bertz CT molecular complexity index is 632. The molecule has 2 amide bonds. The van der Waals surface area contributed by atoms with Gasteiger partial charge in [-0.3, -0.25) is 9.59 Å². The predicted molar refractivity (Wildman–Crippen MR) is 91.3 cm³/mol. The van der Waals surface area contributed by atoms with Crippen LogP contribution in [-0.2, 0) is 16.0 Å². The molecule has 0 saturated carbocycles. The summed E-state index contributed by atoms with van der Waals surface area (Å²) in [7, 11) is 0. The summed E-state index contributed by atoms with van der Waals surface area (Å²) < 4.78 is 11.5. The van der Waals surface area contributed by atoms with Crippen LogP contribution in [0.25, 0.3) is 0 Å². The van der Waals surface area contributed by atoms with Crippen molar-refractivity contribution < 1.29 is 19.1 Å². The Balaban J connectivity index is 1.84. The molecule has 6 nitrogen and oxygen atoms in total. The van der Waals surface area contributed by atoms with E-state index in [1.54, 1.807) is 6.07 Å². The van der Waals surface area contributed by atoms with E-state index in [0.717, 1.165) is 12.0 Å². The number of nitrogens with one attached hydrogen (secondary N) is 2. The smallest absolute Gasteiger partial charge is 0.258 e. The van der Waals surface area contributed by atoms with Crippen LogP contribution in [0.1, 0.15) is 40.2 Å². The maximum atomic E-state index is 11.9. The van der Waals surface area contributed by atoms with Crippen LogP contribution in [0, 0.1) is 0 Å². The van der Waals surface area contributed by atoms with Gasteiger partial charge in [-0.05, 0) is 40.7 Å². The summed E-state index contributed by atoms with van der Waals surface area (Å²) in [5, 5.41) is 5.32. The van der Waals surface area contributed by atoms with Gasteiger partial charge in [0, 0.05) is 17.5 Å². The predicted octanol–water partition coefficient (Wildman–Crippen LogP) is 1.81. The summed E-state index contributed by atoms with van der Waals surface area (Å²) in [4.78, 5) is 23.5. The first kappa shape index (κ1) is 18.1. The molecule has 6 heteroatoms. The highest BCUT2D eigenvalue weighted by atomic mass is 16.5. The molecule has 1 aliphatic heterocycles. The van der Waals surface area contributed by atoms with Gasteiger partial charge in [0.15, 0.2) is 18.1 Å². The number of benzene rings is 1. The van der Waals surface area contributed by atoms with Gasteiger partial charge in [0.2, 0.25) is 5.91 Å². The quantitative estimate of drug-likeness (QED) is 0.861. The summed E-state index contributed by atoms with van der Waals surface area (Å²) in [5.74, 6) is 0.656. The second-order valence-electron chi connectivity index (χ2n) is 7.65. The summed E-state index contributed by atoms with van der Waals surface area (Å²) in [5.41, 5.74) is 0.477. The molecule has 0 fully saturated rings. The van der Waals surface area contributed by atoms with Gasteiger partial charge in [0.05, 0.1) is 6.54 Å². The number of ether oxygens (including phenoxy) is 2. The third-order valence-electron chi connectivity index (χ3n) is 3.37. The Hall–Kier alpha value is -2.24. The Morgan fingerprint density at radius 3 is 2.62 bits per heavy atom. The Labute approximate surface area is 142 Å². The van der Waals surface area contributed by atoms with Gasteiger partial charge in [-0.1, -0.05) is 12.1 Å². The van der Waals surface area contributed by atoms with Crippen LogP contribution in [0.5, 0.6) is 11.5 Å². The van der Waals surface area contributed by atoms with Gasteiger partial charge >= 0.3 is 0 Å². The average molecular weight is 334 g/mol. The first-order valence-corrected chi connectivity index (χ1v) is 8.07. The molecule has 0 unspecified atom stereocenters. The second-order valence-corrected chi connectivity index (χ2v) is 7.65. The molecule has 0 saturated heterocycles. The molecule has 0 spiro atoms. The molecule has 24 heavy (non-hydrogen) atoms. The third-order valence-corrected chi connectivity index (χ3v) is 3.37. The van der Waals surface area contributed by atoms with E-state index in [1.807, 2.05) is 46.8 Å². The van der Waals surface area contributed by atoms with Crippen molar-refractivity contribution >= 4 is 11.8 Å². The molecule has 2 rings (SSSR count). The third kappa shape index (κ3) is 5.15. The topological polar surface area (TPSA) is 76.7 Å². The zero-order valence-electron chi connectivity index (χ0n) is 15.0. The van der Waals surface area contributed by atoms with E-state index < -0.39 is 0 Å². The largest absolute Gasteiger partial charge is 0.483 e. The van der Waals surface area contributed by atoms with E-state index in [9.17, 15) is 9.59 Å². The maximum Gasteiger partial charge on any atom is 0.258 e. The van der Waals surface area contributed by atoms with Crippen molar-refractivity contribution in [1.29, 1.82) is 0 Å². The van der Waals surface area contributed by atoms with Crippen LogP contribution in [-0.4, -0.2) is 36.1 Å². The SMILES string of the molecule is CC(C)(C)NC(=O)CNC(=O)COc1cccc2c1OC(C)(C)C2. The van der Waals surface area contributed by atoms with Crippen LogP contribution < -0.4 is 20.1 Å². The van der Waals surface area contributed by atoms with Crippen molar-refractivity contribution in [2.24, 2.45) is 0 Å². The van der Waals surface area contributed by atoms with Gasteiger partial charge in [0.1, 0.15) is 5.60 Å². The summed E-state index contributed by atoms with van der Waals surface area (Å²) >= 11 is 0. The number of hydrogen-bond donors (Lipinski definition) is 2. The van der Waals surface area contributed by atoms with E-state index in [-0.39, 0.29) is 36.1 Å². The van der Waals surface area contributed by atoms with Gasteiger partial charge in [0.25, 0.3) is 5.91 Å². The van der Waals surface area contributed by atoms with Crippen LogP contribution in [0.4, 0.5) is 0 Å². The fourth-order valence-corrected chi connectivity index (χ4v) is 2.54. The maximum absolute atomic E-state index is 11.9. The number of hydrogen-bond acceptors (Lipinski definition) is 4. The van der Waals surface area contributed by atoms with Crippen molar-refractivity contribution in [3.8, 4) is 11.5 Å². The fraction of sp³-hybridized carbons (Fsp3) is 0.556. The molecule has 132 valence electrons. The lowest BCUT2D eigenvalue weighted by Gasteiger charge is -2.20. The minimum absolute atomic E-state index is 0.0735. The number of carbonyl (C=O) groups excluding carboxylic acids is 2. The standard InChI is InChI=1S/C18H26N2O4/c1-17(2,3)20-14(21)10-19-15(22)11-23-13-8-6-7-12-9-18(4,5)24-16(12)13/h6-8H,9-11H2,1-5H3,(H,19,22)(H,20,21). The van der Waals surface area contributed by atoms with E-state index >= 15 is 0 Å². The number of amides is 2. The first-order valence-electron chi connectivity index (χ1n) is 8.07.